The third-order valence-corrected chi connectivity index (χ3v) is 2.67. The van der Waals surface area contributed by atoms with Crippen LogP contribution in [0.3, 0.4) is 0 Å². The highest BCUT2D eigenvalue weighted by atomic mass is 19.4. The lowest BCUT2D eigenvalue weighted by Crippen LogP contribution is -2.51. The van der Waals surface area contributed by atoms with Gasteiger partial charge in [-0.25, -0.2) is 0 Å². The second kappa shape index (κ2) is 5.46. The zero-order valence-electron chi connectivity index (χ0n) is 10.8. The van der Waals surface area contributed by atoms with Crippen LogP contribution in [0.2, 0.25) is 0 Å². The highest BCUT2D eigenvalue weighted by Crippen LogP contribution is 2.30. The standard InChI is InChI=1S/C11H16F3NO4/c1-6-8(19-10(2,3)18-6)7(4-5-16)15-9(17)11(12,13)14/h5-8H,4H2,1-3H3,(H,15,17)/t6-,7-,8+/m0/s1. The molecule has 1 heterocycles. The van der Waals surface area contributed by atoms with Gasteiger partial charge < -0.3 is 19.6 Å². The van der Waals surface area contributed by atoms with Crippen molar-refractivity contribution in [2.24, 2.45) is 0 Å². The molecule has 0 saturated carbocycles. The number of ether oxygens (including phenoxy) is 2. The molecule has 5 nitrogen and oxygen atoms in total. The van der Waals surface area contributed by atoms with Gasteiger partial charge in [0.1, 0.15) is 12.4 Å². The summed E-state index contributed by atoms with van der Waals surface area (Å²) in [6, 6.07) is -1.08. The van der Waals surface area contributed by atoms with Crippen molar-refractivity contribution < 1.29 is 32.2 Å². The molecule has 110 valence electrons. The molecule has 0 radical (unpaired) electrons. The van der Waals surface area contributed by atoms with Crippen LogP contribution in [0.5, 0.6) is 0 Å². The molecule has 8 heteroatoms. The maximum absolute atomic E-state index is 12.2. The Morgan fingerprint density at radius 3 is 2.37 bits per heavy atom. The Labute approximate surface area is 108 Å². The molecule has 19 heavy (non-hydrogen) atoms. The van der Waals surface area contributed by atoms with Crippen molar-refractivity contribution in [3.8, 4) is 0 Å². The number of hydrogen-bond acceptors (Lipinski definition) is 4. The van der Waals surface area contributed by atoms with Gasteiger partial charge in [0.25, 0.3) is 0 Å². The van der Waals surface area contributed by atoms with Crippen LogP contribution in [0.25, 0.3) is 0 Å². The number of alkyl halides is 3. The summed E-state index contributed by atoms with van der Waals surface area (Å²) in [7, 11) is 0. The normalized spacial score (nSPS) is 27.9. The fourth-order valence-corrected chi connectivity index (χ4v) is 2.00. The highest BCUT2D eigenvalue weighted by molar-refractivity contribution is 5.82. The van der Waals surface area contributed by atoms with Gasteiger partial charge in [-0.2, -0.15) is 13.2 Å². The fraction of sp³-hybridized carbons (Fsp3) is 0.818. The van der Waals surface area contributed by atoms with Crippen LogP contribution in [-0.4, -0.2) is 42.4 Å². The predicted octanol–water partition coefficient (Wildman–Crippen LogP) is 1.16. The molecule has 0 aromatic carbocycles. The van der Waals surface area contributed by atoms with Crippen molar-refractivity contribution in [2.45, 2.75) is 57.4 Å². The third kappa shape index (κ3) is 4.17. The number of nitrogens with one attached hydrogen (secondary N) is 1. The second-order valence-corrected chi connectivity index (χ2v) is 4.79. The zero-order valence-corrected chi connectivity index (χ0v) is 10.8. The van der Waals surface area contributed by atoms with Crippen molar-refractivity contribution >= 4 is 12.2 Å². The Morgan fingerprint density at radius 1 is 1.42 bits per heavy atom. The van der Waals surface area contributed by atoms with Crippen LogP contribution >= 0.6 is 0 Å². The summed E-state index contributed by atoms with van der Waals surface area (Å²) in [5.74, 6) is -3.06. The van der Waals surface area contributed by atoms with Crippen molar-refractivity contribution in [3.63, 3.8) is 0 Å². The number of aldehydes is 1. The maximum Gasteiger partial charge on any atom is 0.471 e. The summed E-state index contributed by atoms with van der Waals surface area (Å²) >= 11 is 0. The second-order valence-electron chi connectivity index (χ2n) is 4.79. The molecule has 1 fully saturated rings. The van der Waals surface area contributed by atoms with Crippen molar-refractivity contribution in [1.29, 1.82) is 0 Å². The maximum atomic E-state index is 12.2. The van der Waals surface area contributed by atoms with Gasteiger partial charge in [0, 0.05) is 6.42 Å². The van der Waals surface area contributed by atoms with E-state index < -0.39 is 36.1 Å². The van der Waals surface area contributed by atoms with E-state index in [1.807, 2.05) is 0 Å². The van der Waals surface area contributed by atoms with Gasteiger partial charge in [0.15, 0.2) is 5.79 Å². The predicted molar refractivity (Wildman–Crippen MR) is 58.2 cm³/mol. The minimum Gasteiger partial charge on any atom is -0.345 e. The molecule has 1 aliphatic heterocycles. The van der Waals surface area contributed by atoms with E-state index in [4.69, 9.17) is 9.47 Å². The van der Waals surface area contributed by atoms with Gasteiger partial charge in [0.2, 0.25) is 0 Å². The van der Waals surface area contributed by atoms with Gasteiger partial charge >= 0.3 is 12.1 Å². The van der Waals surface area contributed by atoms with E-state index in [2.05, 4.69) is 0 Å². The van der Waals surface area contributed by atoms with Gasteiger partial charge in [-0.3, -0.25) is 4.79 Å². The zero-order chi connectivity index (χ0) is 14.8. The monoisotopic (exact) mass is 283 g/mol. The van der Waals surface area contributed by atoms with Gasteiger partial charge in [0.05, 0.1) is 12.1 Å². The Morgan fingerprint density at radius 2 is 2.00 bits per heavy atom. The van der Waals surface area contributed by atoms with Gasteiger partial charge in [-0.1, -0.05) is 0 Å². The SMILES string of the molecule is C[C@@H]1OC(C)(C)O[C@H]1[C@H](CC=O)NC(=O)C(F)(F)F. The largest absolute Gasteiger partial charge is 0.471 e. The summed E-state index contributed by atoms with van der Waals surface area (Å²) < 4.78 is 47.5. The molecule has 0 spiro atoms. The lowest BCUT2D eigenvalue weighted by molar-refractivity contribution is -0.176. The Kier molecular flexibility index (Phi) is 4.57. The average molecular weight is 283 g/mol. The number of rotatable bonds is 4. The molecule has 1 amide bonds. The molecule has 0 aliphatic carbocycles. The number of carbonyl (C=O) groups excluding carboxylic acids is 2. The van der Waals surface area contributed by atoms with Crippen LogP contribution in [0, 0.1) is 0 Å². The lowest BCUT2D eigenvalue weighted by Gasteiger charge is -2.25. The summed E-state index contributed by atoms with van der Waals surface area (Å²) in [4.78, 5) is 21.5. The molecule has 0 unspecified atom stereocenters. The van der Waals surface area contributed by atoms with E-state index in [0.717, 1.165) is 0 Å². The number of carbonyl (C=O) groups is 2. The Balaban J connectivity index is 2.78. The molecule has 0 aromatic heterocycles. The van der Waals surface area contributed by atoms with Crippen LogP contribution in [-0.2, 0) is 19.1 Å². The van der Waals surface area contributed by atoms with Crippen LogP contribution in [0.4, 0.5) is 13.2 Å². The smallest absolute Gasteiger partial charge is 0.345 e. The van der Waals surface area contributed by atoms with Crippen molar-refractivity contribution in [2.75, 3.05) is 0 Å². The molecule has 1 rings (SSSR count). The average Bonchev–Trinajstić information content (AvgIpc) is 2.50. The van der Waals surface area contributed by atoms with E-state index in [-0.39, 0.29) is 6.42 Å². The summed E-state index contributed by atoms with van der Waals surface area (Å²) in [6.45, 7) is 4.82. The van der Waals surface area contributed by atoms with Gasteiger partial charge in [-0.15, -0.1) is 0 Å². The molecule has 0 aromatic rings. The summed E-state index contributed by atoms with van der Waals surface area (Å²) in [5.41, 5.74) is 0. The van der Waals surface area contributed by atoms with E-state index >= 15 is 0 Å². The summed E-state index contributed by atoms with van der Waals surface area (Å²) in [6.07, 6.45) is -6.20. The first-order chi connectivity index (χ1) is 8.57. The summed E-state index contributed by atoms with van der Waals surface area (Å²) in [5, 5.41) is 1.77. The lowest BCUT2D eigenvalue weighted by atomic mass is 10.0. The first-order valence-electron chi connectivity index (χ1n) is 5.74. The van der Waals surface area contributed by atoms with Crippen LogP contribution in [0.1, 0.15) is 27.2 Å². The van der Waals surface area contributed by atoms with Crippen molar-refractivity contribution in [1.82, 2.24) is 5.32 Å². The molecule has 1 saturated heterocycles. The van der Waals surface area contributed by atoms with E-state index in [1.54, 1.807) is 26.1 Å². The van der Waals surface area contributed by atoms with Crippen LogP contribution in [0.15, 0.2) is 0 Å². The molecule has 1 N–H and O–H groups in total. The Hall–Kier alpha value is -1.15. The number of amides is 1. The van der Waals surface area contributed by atoms with E-state index in [9.17, 15) is 22.8 Å². The topological polar surface area (TPSA) is 64.6 Å². The van der Waals surface area contributed by atoms with E-state index in [0.29, 0.717) is 6.29 Å². The van der Waals surface area contributed by atoms with Crippen molar-refractivity contribution in [3.05, 3.63) is 0 Å². The van der Waals surface area contributed by atoms with E-state index in [1.165, 1.54) is 0 Å². The minimum absolute atomic E-state index is 0.281. The molecule has 1 aliphatic rings. The molecule has 0 bridgehead atoms. The first kappa shape index (κ1) is 15.9. The van der Waals surface area contributed by atoms with Crippen LogP contribution < -0.4 is 5.32 Å². The Bertz CT molecular complexity index is 356. The molecular formula is C11H16F3NO4. The quantitative estimate of drug-likeness (QED) is 0.786. The number of hydrogen-bond donors (Lipinski definition) is 1. The molecular weight excluding hydrogens is 267 g/mol. The third-order valence-electron chi connectivity index (χ3n) is 2.67. The fourth-order valence-electron chi connectivity index (χ4n) is 2.00. The number of halogens is 3. The van der Waals surface area contributed by atoms with Gasteiger partial charge in [-0.05, 0) is 20.8 Å². The minimum atomic E-state index is -5.00. The highest BCUT2D eigenvalue weighted by Gasteiger charge is 2.46. The molecule has 3 atom stereocenters. The first-order valence-corrected chi connectivity index (χ1v) is 5.74.